The van der Waals surface area contributed by atoms with E-state index in [-0.39, 0.29) is 12.6 Å². The van der Waals surface area contributed by atoms with E-state index in [4.69, 9.17) is 4.74 Å². The fraction of sp³-hybridized carbons (Fsp3) is 0.625. The number of halogens is 2. The van der Waals surface area contributed by atoms with Crippen LogP contribution in [-0.2, 0) is 14.8 Å². The molecule has 1 N–H and O–H groups in total. The van der Waals surface area contributed by atoms with Crippen LogP contribution in [0.5, 0.6) is 0 Å². The topological polar surface area (TPSA) is 58.6 Å². The largest absolute Gasteiger partial charge is 0.379 e. The van der Waals surface area contributed by atoms with Crippen LogP contribution in [0.3, 0.4) is 0 Å². The average molecular weight is 362 g/mol. The molecule has 136 valence electrons. The summed E-state index contributed by atoms with van der Waals surface area (Å²) in [7, 11) is -3.96. The minimum Gasteiger partial charge on any atom is -0.379 e. The highest BCUT2D eigenvalue weighted by Gasteiger charge is 2.24. The van der Waals surface area contributed by atoms with E-state index in [2.05, 4.69) is 23.5 Å². The first-order valence-corrected chi connectivity index (χ1v) is 9.54. The lowest BCUT2D eigenvalue weighted by molar-refractivity contribution is 0.0134. The van der Waals surface area contributed by atoms with Gasteiger partial charge in [-0.2, -0.15) is 0 Å². The molecule has 1 aliphatic heterocycles. The molecule has 0 radical (unpaired) electrons. The van der Waals surface area contributed by atoms with Gasteiger partial charge in [-0.1, -0.05) is 13.8 Å². The Morgan fingerprint density at radius 3 is 2.29 bits per heavy atom. The molecule has 1 aliphatic rings. The van der Waals surface area contributed by atoms with E-state index < -0.39 is 26.6 Å². The first-order chi connectivity index (χ1) is 11.3. The monoisotopic (exact) mass is 362 g/mol. The van der Waals surface area contributed by atoms with E-state index in [0.29, 0.717) is 25.2 Å². The Balaban J connectivity index is 2.08. The maximum absolute atomic E-state index is 13.3. The van der Waals surface area contributed by atoms with Crippen LogP contribution in [0, 0.1) is 17.6 Å². The SMILES string of the molecule is CC(C)CC(CNS(=O)(=O)c1cc(F)cc(F)c1)N1CCOCC1. The van der Waals surface area contributed by atoms with Gasteiger partial charge in [0, 0.05) is 31.7 Å². The summed E-state index contributed by atoms with van der Waals surface area (Å²) in [6.45, 7) is 7.07. The predicted octanol–water partition coefficient (Wildman–Crippen LogP) is 1.99. The summed E-state index contributed by atoms with van der Waals surface area (Å²) in [6.07, 6.45) is 0.819. The summed E-state index contributed by atoms with van der Waals surface area (Å²) in [5.74, 6) is -1.43. The molecule has 1 unspecified atom stereocenters. The fourth-order valence-corrected chi connectivity index (χ4v) is 3.94. The van der Waals surface area contributed by atoms with Gasteiger partial charge < -0.3 is 4.74 Å². The zero-order valence-electron chi connectivity index (χ0n) is 14.0. The molecule has 1 heterocycles. The number of nitrogens with zero attached hydrogens (tertiary/aromatic N) is 1. The van der Waals surface area contributed by atoms with Crippen molar-refractivity contribution in [1.82, 2.24) is 9.62 Å². The van der Waals surface area contributed by atoms with Crippen LogP contribution in [0.25, 0.3) is 0 Å². The molecule has 0 aliphatic carbocycles. The second kappa shape index (κ2) is 8.33. The standard InChI is InChI=1S/C16H24F2N2O3S/c1-12(2)7-15(20-3-5-23-6-4-20)11-19-24(21,22)16-9-13(17)8-14(18)10-16/h8-10,12,15,19H,3-7,11H2,1-2H3. The Bertz CT molecular complexity index is 626. The van der Waals surface area contributed by atoms with Gasteiger partial charge in [0.25, 0.3) is 0 Å². The first kappa shape index (κ1) is 19.2. The zero-order valence-corrected chi connectivity index (χ0v) is 14.8. The lowest BCUT2D eigenvalue weighted by atomic mass is 10.0. The second-order valence-corrected chi connectivity index (χ2v) is 8.16. The number of nitrogens with one attached hydrogen (secondary N) is 1. The Kier molecular flexibility index (Phi) is 6.68. The molecule has 2 rings (SSSR count). The van der Waals surface area contributed by atoms with Gasteiger partial charge in [-0.3, -0.25) is 4.90 Å². The molecule has 0 saturated carbocycles. The zero-order chi connectivity index (χ0) is 17.7. The Morgan fingerprint density at radius 2 is 1.75 bits per heavy atom. The number of hydrogen-bond donors (Lipinski definition) is 1. The van der Waals surface area contributed by atoms with E-state index in [1.165, 1.54) is 0 Å². The smallest absolute Gasteiger partial charge is 0.240 e. The van der Waals surface area contributed by atoms with E-state index >= 15 is 0 Å². The number of morpholine rings is 1. The van der Waals surface area contributed by atoms with Gasteiger partial charge in [0.15, 0.2) is 0 Å². The molecule has 1 fully saturated rings. The summed E-state index contributed by atoms with van der Waals surface area (Å²) in [6, 6.07) is 2.30. The van der Waals surface area contributed by atoms with Crippen molar-refractivity contribution in [2.75, 3.05) is 32.8 Å². The van der Waals surface area contributed by atoms with Crippen molar-refractivity contribution >= 4 is 10.0 Å². The highest BCUT2D eigenvalue weighted by atomic mass is 32.2. The summed E-state index contributed by atoms with van der Waals surface area (Å²) in [5.41, 5.74) is 0. The van der Waals surface area contributed by atoms with E-state index in [1.807, 2.05) is 0 Å². The van der Waals surface area contributed by atoms with Crippen LogP contribution < -0.4 is 4.72 Å². The minimum atomic E-state index is -3.96. The van der Waals surface area contributed by atoms with E-state index in [1.54, 1.807) is 0 Å². The Morgan fingerprint density at radius 1 is 1.17 bits per heavy atom. The lowest BCUT2D eigenvalue weighted by Crippen LogP contribution is -2.49. The number of ether oxygens (including phenoxy) is 1. The molecule has 5 nitrogen and oxygen atoms in total. The number of rotatable bonds is 7. The van der Waals surface area contributed by atoms with Crippen LogP contribution in [0.1, 0.15) is 20.3 Å². The van der Waals surface area contributed by atoms with Gasteiger partial charge in [-0.15, -0.1) is 0 Å². The molecular formula is C16H24F2N2O3S. The van der Waals surface area contributed by atoms with Crippen molar-refractivity contribution < 1.29 is 21.9 Å². The van der Waals surface area contributed by atoms with Gasteiger partial charge in [-0.25, -0.2) is 21.9 Å². The number of benzene rings is 1. The van der Waals surface area contributed by atoms with Crippen LogP contribution in [0.2, 0.25) is 0 Å². The normalized spacial score (nSPS) is 18.0. The van der Waals surface area contributed by atoms with Crippen molar-refractivity contribution in [2.45, 2.75) is 31.2 Å². The maximum Gasteiger partial charge on any atom is 0.240 e. The minimum absolute atomic E-state index is 0.0158. The molecule has 1 aromatic carbocycles. The van der Waals surface area contributed by atoms with Gasteiger partial charge in [-0.05, 0) is 24.5 Å². The van der Waals surface area contributed by atoms with Gasteiger partial charge in [0.2, 0.25) is 10.0 Å². The lowest BCUT2D eigenvalue weighted by Gasteiger charge is -2.35. The molecule has 8 heteroatoms. The van der Waals surface area contributed by atoms with Crippen molar-refractivity contribution in [3.8, 4) is 0 Å². The van der Waals surface area contributed by atoms with Gasteiger partial charge >= 0.3 is 0 Å². The summed E-state index contributed by atoms with van der Waals surface area (Å²) >= 11 is 0. The molecule has 1 saturated heterocycles. The summed E-state index contributed by atoms with van der Waals surface area (Å²) < 4.78 is 59.0. The Labute approximate surface area is 142 Å². The fourth-order valence-electron chi connectivity index (χ4n) is 2.82. The number of hydrogen-bond acceptors (Lipinski definition) is 4. The first-order valence-electron chi connectivity index (χ1n) is 8.05. The molecule has 0 amide bonds. The average Bonchev–Trinajstić information content (AvgIpc) is 2.51. The third-order valence-corrected chi connectivity index (χ3v) is 5.36. The molecule has 1 aromatic rings. The molecule has 1 atom stereocenters. The molecule has 0 aromatic heterocycles. The highest BCUT2D eigenvalue weighted by Crippen LogP contribution is 2.16. The van der Waals surface area contributed by atoms with Crippen molar-refractivity contribution in [2.24, 2.45) is 5.92 Å². The summed E-state index contributed by atoms with van der Waals surface area (Å²) in [5, 5.41) is 0. The van der Waals surface area contributed by atoms with Gasteiger partial charge in [0.05, 0.1) is 18.1 Å². The van der Waals surface area contributed by atoms with Crippen LogP contribution in [0.4, 0.5) is 8.78 Å². The van der Waals surface area contributed by atoms with Crippen molar-refractivity contribution in [3.05, 3.63) is 29.8 Å². The maximum atomic E-state index is 13.3. The third kappa shape index (κ3) is 5.47. The molecular weight excluding hydrogens is 338 g/mol. The molecule has 24 heavy (non-hydrogen) atoms. The summed E-state index contributed by atoms with van der Waals surface area (Å²) in [4.78, 5) is 1.79. The van der Waals surface area contributed by atoms with Crippen molar-refractivity contribution in [1.29, 1.82) is 0 Å². The Hall–Kier alpha value is -1.09. The van der Waals surface area contributed by atoms with E-state index in [0.717, 1.165) is 31.6 Å². The van der Waals surface area contributed by atoms with E-state index in [9.17, 15) is 17.2 Å². The van der Waals surface area contributed by atoms with Crippen LogP contribution in [0.15, 0.2) is 23.1 Å². The predicted molar refractivity (Wildman–Crippen MR) is 87.2 cm³/mol. The second-order valence-electron chi connectivity index (χ2n) is 6.39. The van der Waals surface area contributed by atoms with Crippen molar-refractivity contribution in [3.63, 3.8) is 0 Å². The van der Waals surface area contributed by atoms with Gasteiger partial charge in [0.1, 0.15) is 11.6 Å². The quantitative estimate of drug-likeness (QED) is 0.806. The van der Waals surface area contributed by atoms with Crippen LogP contribution in [-0.4, -0.2) is 52.2 Å². The molecule has 0 spiro atoms. The van der Waals surface area contributed by atoms with Crippen LogP contribution >= 0.6 is 0 Å². The number of sulfonamides is 1. The molecule has 0 bridgehead atoms. The third-order valence-electron chi connectivity index (χ3n) is 3.96. The highest BCUT2D eigenvalue weighted by molar-refractivity contribution is 7.89.